The summed E-state index contributed by atoms with van der Waals surface area (Å²) in [6.45, 7) is 2.16. The van der Waals surface area contributed by atoms with E-state index >= 15 is 0 Å². The first-order valence-corrected chi connectivity index (χ1v) is 13.8. The van der Waals surface area contributed by atoms with Crippen LogP contribution in [0.15, 0.2) is 0 Å². The van der Waals surface area contributed by atoms with Crippen LogP contribution in [0.5, 0.6) is 0 Å². The highest BCUT2D eigenvalue weighted by atomic mass is 28.4. The van der Waals surface area contributed by atoms with Crippen LogP contribution in [-0.2, 0) is 36.1 Å². The molecule has 0 saturated carbocycles. The largest absolute Gasteiger partial charge is 0.500 e. The molecule has 0 heterocycles. The summed E-state index contributed by atoms with van der Waals surface area (Å²) in [4.78, 5) is 32.5. The minimum absolute atomic E-state index is 0.0515. The lowest BCUT2D eigenvalue weighted by molar-refractivity contribution is -0.125. The van der Waals surface area contributed by atoms with Crippen LogP contribution in [0, 0.1) is 0 Å². The molecule has 0 aliphatic heterocycles. The van der Waals surface area contributed by atoms with Gasteiger partial charge in [-0.3, -0.25) is 9.59 Å². The van der Waals surface area contributed by atoms with Crippen LogP contribution in [0.25, 0.3) is 0 Å². The number of primary amides is 1. The fourth-order valence-corrected chi connectivity index (χ4v) is 6.03. The van der Waals surface area contributed by atoms with E-state index in [9.17, 15) is 14.4 Å². The van der Waals surface area contributed by atoms with E-state index in [4.69, 9.17) is 38.0 Å². The predicted molar refractivity (Wildman–Crippen MR) is 122 cm³/mol. The summed E-state index contributed by atoms with van der Waals surface area (Å²) in [7, 11) is 2.37. The van der Waals surface area contributed by atoms with Gasteiger partial charge in [0.25, 0.3) is 0 Å². The van der Waals surface area contributed by atoms with Crippen molar-refractivity contribution >= 4 is 35.3 Å². The summed E-state index contributed by atoms with van der Waals surface area (Å²) in [5.74, 6) is -0.489. The van der Waals surface area contributed by atoms with Crippen LogP contribution in [0.3, 0.4) is 0 Å². The van der Waals surface area contributed by atoms with Gasteiger partial charge in [-0.1, -0.05) is 0 Å². The zero-order valence-electron chi connectivity index (χ0n) is 20.0. The zero-order chi connectivity index (χ0) is 25.0. The number of nitrogens with one attached hydrogen (secondary N) is 2. The second-order valence-electron chi connectivity index (χ2n) is 6.41. The Kier molecular flexibility index (Phi) is 19.5. The molecule has 0 saturated heterocycles. The molecule has 32 heavy (non-hydrogen) atoms. The minimum atomic E-state index is -2.80. The van der Waals surface area contributed by atoms with Crippen molar-refractivity contribution in [1.82, 2.24) is 10.6 Å². The molecule has 3 amide bonds. The molecular formula is C17H40N4O9Si2. The molecular weight excluding hydrogens is 460 g/mol. The van der Waals surface area contributed by atoms with Gasteiger partial charge in [0.2, 0.25) is 5.91 Å². The fourth-order valence-electron chi connectivity index (χ4n) is 2.33. The Bertz CT molecular complexity index is 528. The van der Waals surface area contributed by atoms with Gasteiger partial charge < -0.3 is 48.7 Å². The Labute approximate surface area is 192 Å². The maximum Gasteiger partial charge on any atom is 0.500 e. The van der Waals surface area contributed by atoms with Crippen molar-refractivity contribution < 1.29 is 40.9 Å². The molecule has 190 valence electrons. The van der Waals surface area contributed by atoms with Gasteiger partial charge >= 0.3 is 23.6 Å². The number of rotatable bonds is 17. The standard InChI is InChI=1S/C10H22N2O5Si.C7H18N2O4Si/c1-9(13)12-7-10(14)8-17-18(15-2,16-3)6-4-5-11;1-11-14(12-2,13-3)6-4-5-9-7(8)10/h4-8,11H2,1-3H3,(H,12,13);4-6H2,1-3H3,(H3,8,9,10). The van der Waals surface area contributed by atoms with Crippen LogP contribution in [-0.4, -0.2) is 97.1 Å². The van der Waals surface area contributed by atoms with E-state index < -0.39 is 23.6 Å². The zero-order valence-corrected chi connectivity index (χ0v) is 22.0. The van der Waals surface area contributed by atoms with Gasteiger partial charge in [0.15, 0.2) is 5.78 Å². The van der Waals surface area contributed by atoms with Crippen molar-refractivity contribution in [2.75, 3.05) is 61.8 Å². The number of amides is 3. The molecule has 0 bridgehead atoms. The number of urea groups is 1. The van der Waals surface area contributed by atoms with E-state index in [0.29, 0.717) is 38.0 Å². The van der Waals surface area contributed by atoms with Gasteiger partial charge in [-0.15, -0.1) is 0 Å². The number of carbonyl (C=O) groups excluding carboxylic acids is 3. The Morgan fingerprint density at radius 2 is 1.31 bits per heavy atom. The molecule has 0 aromatic heterocycles. The third-order valence-corrected chi connectivity index (χ3v) is 9.81. The molecule has 0 radical (unpaired) electrons. The van der Waals surface area contributed by atoms with Crippen LogP contribution in [0.1, 0.15) is 19.8 Å². The summed E-state index contributed by atoms with van der Waals surface area (Å²) < 4.78 is 31.6. The van der Waals surface area contributed by atoms with Crippen LogP contribution in [0.2, 0.25) is 12.1 Å². The molecule has 13 nitrogen and oxygen atoms in total. The molecule has 0 atom stereocenters. The van der Waals surface area contributed by atoms with E-state index in [1.165, 1.54) is 21.1 Å². The first-order valence-electron chi connectivity index (χ1n) is 9.99. The lowest BCUT2D eigenvalue weighted by Gasteiger charge is -2.25. The van der Waals surface area contributed by atoms with Crippen molar-refractivity contribution in [2.45, 2.75) is 31.9 Å². The van der Waals surface area contributed by atoms with Crippen molar-refractivity contribution in [3.63, 3.8) is 0 Å². The average molecular weight is 501 g/mol. The highest BCUT2D eigenvalue weighted by Crippen LogP contribution is 2.15. The highest BCUT2D eigenvalue weighted by Gasteiger charge is 2.39. The first-order chi connectivity index (χ1) is 15.1. The van der Waals surface area contributed by atoms with Gasteiger partial charge in [0, 0.05) is 61.1 Å². The minimum Gasteiger partial charge on any atom is -0.377 e. The van der Waals surface area contributed by atoms with E-state index in [2.05, 4.69) is 10.6 Å². The monoisotopic (exact) mass is 500 g/mol. The third kappa shape index (κ3) is 15.4. The molecule has 0 aromatic carbocycles. The number of Topliss-reactive ketones (excluding diaryl/α,β-unsaturated/α-hetero) is 1. The second-order valence-corrected chi connectivity index (χ2v) is 12.5. The summed E-state index contributed by atoms with van der Waals surface area (Å²) >= 11 is 0. The Morgan fingerprint density at radius 1 is 0.812 bits per heavy atom. The number of hydrogen-bond donors (Lipinski definition) is 4. The highest BCUT2D eigenvalue weighted by molar-refractivity contribution is 6.61. The van der Waals surface area contributed by atoms with E-state index in [1.807, 2.05) is 0 Å². The van der Waals surface area contributed by atoms with Crippen molar-refractivity contribution in [1.29, 1.82) is 0 Å². The lowest BCUT2D eigenvalue weighted by Crippen LogP contribution is -2.46. The lowest BCUT2D eigenvalue weighted by atomic mass is 10.4. The number of ketones is 1. The molecule has 0 spiro atoms. The number of carbonyl (C=O) groups is 3. The van der Waals surface area contributed by atoms with E-state index in [1.54, 1.807) is 21.3 Å². The summed E-state index contributed by atoms with van der Waals surface area (Å²) in [5.41, 5.74) is 10.3. The Balaban J connectivity index is 0. The average Bonchev–Trinajstić information content (AvgIpc) is 2.79. The topological polar surface area (TPSA) is 183 Å². The summed E-state index contributed by atoms with van der Waals surface area (Å²) in [5, 5.41) is 4.89. The first kappa shape index (κ1) is 32.7. The summed E-state index contributed by atoms with van der Waals surface area (Å²) in [6, 6.07) is 0.685. The van der Waals surface area contributed by atoms with Crippen molar-refractivity contribution in [2.24, 2.45) is 11.5 Å². The maximum atomic E-state index is 11.4. The van der Waals surface area contributed by atoms with Gasteiger partial charge in [-0.2, -0.15) is 0 Å². The molecule has 0 unspecified atom stereocenters. The van der Waals surface area contributed by atoms with Gasteiger partial charge in [-0.05, 0) is 19.4 Å². The van der Waals surface area contributed by atoms with Crippen molar-refractivity contribution in [3.8, 4) is 0 Å². The summed E-state index contributed by atoms with van der Waals surface area (Å²) in [6.07, 6.45) is 1.42. The Morgan fingerprint density at radius 3 is 1.72 bits per heavy atom. The van der Waals surface area contributed by atoms with Gasteiger partial charge in [-0.25, -0.2) is 4.79 Å². The van der Waals surface area contributed by atoms with Crippen molar-refractivity contribution in [3.05, 3.63) is 0 Å². The molecule has 0 aromatic rings. The molecule has 0 fully saturated rings. The van der Waals surface area contributed by atoms with Gasteiger partial charge in [0.05, 0.1) is 13.2 Å². The van der Waals surface area contributed by atoms with Gasteiger partial charge in [0.1, 0.15) is 0 Å². The molecule has 0 aliphatic rings. The predicted octanol–water partition coefficient (Wildman–Crippen LogP) is -0.788. The SMILES string of the molecule is CO[Si](CCCN)(OC)OCC(=O)CNC(C)=O.CO[Si](CCCNC(N)=O)(OC)OC. The quantitative estimate of drug-likeness (QED) is 0.146. The smallest absolute Gasteiger partial charge is 0.377 e. The normalized spacial score (nSPS) is 11.3. The molecule has 6 N–H and O–H groups in total. The molecule has 15 heteroatoms. The maximum absolute atomic E-state index is 11.4. The molecule has 0 aliphatic carbocycles. The van der Waals surface area contributed by atoms with Crippen LogP contribution < -0.4 is 22.1 Å². The Hall–Kier alpha value is -1.44. The number of hydrogen-bond acceptors (Lipinski definition) is 10. The fraction of sp³-hybridized carbons (Fsp3) is 0.824. The second kappa shape index (κ2) is 19.1. The van der Waals surface area contributed by atoms with E-state index in [0.717, 1.165) is 0 Å². The van der Waals surface area contributed by atoms with E-state index in [-0.39, 0.29) is 24.8 Å². The third-order valence-electron chi connectivity index (χ3n) is 4.19. The number of nitrogens with two attached hydrogens (primary N) is 2. The molecule has 0 rings (SSSR count). The van der Waals surface area contributed by atoms with Crippen LogP contribution >= 0.6 is 0 Å². The van der Waals surface area contributed by atoms with Crippen LogP contribution in [0.4, 0.5) is 4.79 Å².